The average molecular weight is 382 g/mol. The smallest absolute Gasteiger partial charge is 0.162 e. The maximum atomic E-state index is 6.49. The second kappa shape index (κ2) is 6.58. The summed E-state index contributed by atoms with van der Waals surface area (Å²) in [6, 6.07) is 3.65. The minimum absolute atomic E-state index is 0.413. The molecule has 0 bridgehead atoms. The molecule has 8 heteroatoms. The number of hydrogen-bond acceptors (Lipinski definition) is 7. The van der Waals surface area contributed by atoms with Crippen LogP contribution in [0.4, 0.5) is 11.6 Å². The Morgan fingerprint density at radius 3 is 2.70 bits per heavy atom. The second-order valence-corrected chi connectivity index (χ2v) is 7.44. The topological polar surface area (TPSA) is 92.8 Å². The molecule has 2 fully saturated rings. The van der Waals surface area contributed by atoms with Crippen molar-refractivity contribution in [1.82, 2.24) is 25.3 Å². The standard InChI is InChI=1S/C19H20ClN7/c20-17-16-15(13(10-24-17)11-1-2-11)19(27-7-5-22-6-8-27)26-18(25-16)12-3-4-23-14(21)9-12/h3-4,9-11,22H,1-2,5-8H2,(H2,21,23). The Morgan fingerprint density at radius 1 is 1.15 bits per heavy atom. The number of pyridine rings is 2. The lowest BCUT2D eigenvalue weighted by Gasteiger charge is -2.30. The number of anilines is 2. The lowest BCUT2D eigenvalue weighted by Crippen LogP contribution is -2.44. The Kier molecular flexibility index (Phi) is 4.06. The highest BCUT2D eigenvalue weighted by Gasteiger charge is 2.30. The molecule has 27 heavy (non-hydrogen) atoms. The highest BCUT2D eigenvalue weighted by molar-refractivity contribution is 6.34. The van der Waals surface area contributed by atoms with E-state index in [1.807, 2.05) is 12.3 Å². The molecule has 138 valence electrons. The zero-order valence-corrected chi connectivity index (χ0v) is 15.6. The van der Waals surface area contributed by atoms with Crippen LogP contribution in [0.2, 0.25) is 5.15 Å². The SMILES string of the molecule is Nc1cc(-c2nc(N3CCNCC3)c3c(C4CC4)cnc(Cl)c3n2)ccn1. The summed E-state index contributed by atoms with van der Waals surface area (Å²) in [4.78, 5) is 20.5. The third kappa shape index (κ3) is 3.07. The van der Waals surface area contributed by atoms with Gasteiger partial charge in [-0.2, -0.15) is 0 Å². The average Bonchev–Trinajstić information content (AvgIpc) is 3.54. The molecule has 1 aliphatic heterocycles. The quantitative estimate of drug-likeness (QED) is 0.673. The summed E-state index contributed by atoms with van der Waals surface area (Å²) in [6.07, 6.45) is 5.94. The van der Waals surface area contributed by atoms with Crippen LogP contribution in [-0.2, 0) is 0 Å². The first-order chi connectivity index (χ1) is 13.2. The number of nitrogens with two attached hydrogens (primary N) is 1. The molecular weight excluding hydrogens is 362 g/mol. The van der Waals surface area contributed by atoms with Crippen molar-refractivity contribution >= 4 is 34.1 Å². The van der Waals surface area contributed by atoms with Gasteiger partial charge in [0.25, 0.3) is 0 Å². The predicted molar refractivity (Wildman–Crippen MR) is 107 cm³/mol. The van der Waals surface area contributed by atoms with Crippen LogP contribution in [0.1, 0.15) is 24.3 Å². The number of hydrogen-bond donors (Lipinski definition) is 2. The van der Waals surface area contributed by atoms with E-state index in [4.69, 9.17) is 27.3 Å². The zero-order valence-electron chi connectivity index (χ0n) is 14.8. The zero-order chi connectivity index (χ0) is 18.4. The minimum Gasteiger partial charge on any atom is -0.384 e. The van der Waals surface area contributed by atoms with E-state index in [0.29, 0.717) is 22.7 Å². The van der Waals surface area contributed by atoms with Crippen LogP contribution in [0.5, 0.6) is 0 Å². The summed E-state index contributed by atoms with van der Waals surface area (Å²) >= 11 is 6.49. The number of aromatic nitrogens is 4. The molecule has 0 radical (unpaired) electrons. The Morgan fingerprint density at radius 2 is 1.96 bits per heavy atom. The number of nitrogens with one attached hydrogen (secondary N) is 1. The predicted octanol–water partition coefficient (Wildman–Crippen LogP) is 2.61. The maximum absolute atomic E-state index is 6.49. The molecule has 0 amide bonds. The van der Waals surface area contributed by atoms with Gasteiger partial charge in [0.2, 0.25) is 0 Å². The Hall–Kier alpha value is -2.51. The van der Waals surface area contributed by atoms with Crippen LogP contribution in [0.3, 0.4) is 0 Å². The third-order valence-electron chi connectivity index (χ3n) is 5.16. The van der Waals surface area contributed by atoms with Crippen LogP contribution >= 0.6 is 11.6 Å². The van der Waals surface area contributed by atoms with Gasteiger partial charge in [0, 0.05) is 44.1 Å². The summed E-state index contributed by atoms with van der Waals surface area (Å²) in [7, 11) is 0. The summed E-state index contributed by atoms with van der Waals surface area (Å²) in [6.45, 7) is 3.66. The number of nitrogens with zero attached hydrogens (tertiary/aromatic N) is 5. The Labute approximate surface area is 162 Å². The van der Waals surface area contributed by atoms with Crippen molar-refractivity contribution < 1.29 is 0 Å². The number of rotatable bonds is 3. The van der Waals surface area contributed by atoms with Crippen molar-refractivity contribution in [2.75, 3.05) is 36.8 Å². The van der Waals surface area contributed by atoms with Gasteiger partial charge in [-0.1, -0.05) is 11.6 Å². The fourth-order valence-corrected chi connectivity index (χ4v) is 3.83. The van der Waals surface area contributed by atoms with Crippen LogP contribution in [0.25, 0.3) is 22.3 Å². The molecule has 5 rings (SSSR count). The van der Waals surface area contributed by atoms with Gasteiger partial charge in [-0.25, -0.2) is 19.9 Å². The molecule has 3 aromatic rings. The van der Waals surface area contributed by atoms with Gasteiger partial charge in [-0.3, -0.25) is 0 Å². The van der Waals surface area contributed by atoms with Gasteiger partial charge >= 0.3 is 0 Å². The molecule has 3 N–H and O–H groups in total. The minimum atomic E-state index is 0.413. The molecule has 7 nitrogen and oxygen atoms in total. The highest BCUT2D eigenvalue weighted by Crippen LogP contribution is 2.45. The van der Waals surface area contributed by atoms with E-state index in [0.717, 1.165) is 48.5 Å². The van der Waals surface area contributed by atoms with Crippen molar-refractivity contribution in [2.45, 2.75) is 18.8 Å². The molecule has 2 aliphatic rings. The lowest BCUT2D eigenvalue weighted by molar-refractivity contribution is 0.586. The van der Waals surface area contributed by atoms with E-state index >= 15 is 0 Å². The third-order valence-corrected chi connectivity index (χ3v) is 5.44. The van der Waals surface area contributed by atoms with Crippen LogP contribution in [0.15, 0.2) is 24.5 Å². The molecule has 4 heterocycles. The molecule has 0 spiro atoms. The summed E-state index contributed by atoms with van der Waals surface area (Å²) < 4.78 is 0. The first kappa shape index (κ1) is 16.6. The number of halogens is 1. The van der Waals surface area contributed by atoms with Crippen LogP contribution in [0, 0.1) is 0 Å². The van der Waals surface area contributed by atoms with Gasteiger partial charge in [-0.05, 0) is 36.5 Å². The summed E-state index contributed by atoms with van der Waals surface area (Å²) in [5.74, 6) is 2.51. The van der Waals surface area contributed by atoms with Gasteiger partial charge in [0.1, 0.15) is 17.2 Å². The monoisotopic (exact) mass is 381 g/mol. The molecule has 3 aromatic heterocycles. The first-order valence-electron chi connectivity index (χ1n) is 9.24. The van der Waals surface area contributed by atoms with Gasteiger partial charge in [0.05, 0.1) is 5.39 Å². The van der Waals surface area contributed by atoms with Gasteiger partial charge in [-0.15, -0.1) is 0 Å². The van der Waals surface area contributed by atoms with Gasteiger partial charge < -0.3 is 16.0 Å². The normalized spacial score (nSPS) is 17.4. The number of fused-ring (bicyclic) bond motifs is 1. The van der Waals surface area contributed by atoms with Crippen molar-refractivity contribution in [1.29, 1.82) is 0 Å². The fourth-order valence-electron chi connectivity index (χ4n) is 3.64. The maximum Gasteiger partial charge on any atom is 0.162 e. The molecule has 0 unspecified atom stereocenters. The lowest BCUT2D eigenvalue weighted by atomic mass is 10.1. The van der Waals surface area contributed by atoms with Crippen LogP contribution in [-0.4, -0.2) is 46.1 Å². The van der Waals surface area contributed by atoms with E-state index in [9.17, 15) is 0 Å². The van der Waals surface area contributed by atoms with Crippen LogP contribution < -0.4 is 16.0 Å². The van der Waals surface area contributed by atoms with Crippen molar-refractivity contribution in [3.05, 3.63) is 35.2 Å². The second-order valence-electron chi connectivity index (χ2n) is 7.08. The van der Waals surface area contributed by atoms with Crippen molar-refractivity contribution in [2.24, 2.45) is 0 Å². The largest absolute Gasteiger partial charge is 0.384 e. The number of nitrogen functional groups attached to an aromatic ring is 1. The van der Waals surface area contributed by atoms with Gasteiger partial charge in [0.15, 0.2) is 11.0 Å². The molecule has 1 saturated heterocycles. The first-order valence-corrected chi connectivity index (χ1v) is 9.62. The molecular formula is C19H20ClN7. The Balaban J connectivity index is 1.77. The Bertz CT molecular complexity index is 1010. The summed E-state index contributed by atoms with van der Waals surface area (Å²) in [5.41, 5.74) is 8.62. The van der Waals surface area contributed by atoms with Crippen molar-refractivity contribution in [3.63, 3.8) is 0 Å². The van der Waals surface area contributed by atoms with E-state index in [1.165, 1.54) is 18.4 Å². The molecule has 0 aromatic carbocycles. The van der Waals surface area contributed by atoms with E-state index in [2.05, 4.69) is 20.2 Å². The van der Waals surface area contributed by atoms with Crippen molar-refractivity contribution in [3.8, 4) is 11.4 Å². The number of piperazine rings is 1. The molecule has 1 saturated carbocycles. The highest BCUT2D eigenvalue weighted by atomic mass is 35.5. The molecule has 0 atom stereocenters. The summed E-state index contributed by atoms with van der Waals surface area (Å²) in [5, 5.41) is 4.86. The van der Waals surface area contributed by atoms with E-state index in [1.54, 1.807) is 12.3 Å². The molecule has 1 aliphatic carbocycles. The fraction of sp³-hybridized carbons (Fsp3) is 0.368. The van der Waals surface area contributed by atoms with E-state index < -0.39 is 0 Å². The van der Waals surface area contributed by atoms with E-state index in [-0.39, 0.29) is 0 Å².